The monoisotopic (exact) mass is 205 g/mol. The first kappa shape index (κ1) is 8.90. The van der Waals surface area contributed by atoms with E-state index in [4.69, 9.17) is 0 Å². The second kappa shape index (κ2) is 3.59. The van der Waals surface area contributed by atoms with Crippen molar-refractivity contribution in [2.45, 2.75) is 0 Å². The number of rotatable bonds is 3. The minimum Gasteiger partial charge on any atom is -0.358 e. The Labute approximate surface area is 84.4 Å². The molecule has 14 heavy (non-hydrogen) atoms. The zero-order valence-corrected chi connectivity index (χ0v) is 8.01. The van der Waals surface area contributed by atoms with Gasteiger partial charge in [0.05, 0.1) is 10.6 Å². The fraction of sp³-hybridized carbons (Fsp3) is 0. The van der Waals surface area contributed by atoms with Crippen LogP contribution in [0.25, 0.3) is 0 Å². The number of ketones is 1. The van der Waals surface area contributed by atoms with Crippen molar-refractivity contribution in [3.63, 3.8) is 0 Å². The third-order valence-corrected chi connectivity index (χ3v) is 2.71. The molecule has 2 aromatic rings. The van der Waals surface area contributed by atoms with Crippen LogP contribution in [-0.4, -0.2) is 17.1 Å². The molecule has 70 valence electrons. The summed E-state index contributed by atoms with van der Waals surface area (Å²) in [6.45, 7) is 0. The predicted octanol–water partition coefficient (Wildman–Crippen LogP) is 2.12. The third-order valence-electron chi connectivity index (χ3n) is 1.84. The van der Waals surface area contributed by atoms with Crippen LogP contribution in [-0.2, 0) is 0 Å². The molecule has 0 aromatic carbocycles. The Morgan fingerprint density at radius 1 is 1.50 bits per heavy atom. The first-order valence-corrected chi connectivity index (χ1v) is 4.91. The Morgan fingerprint density at radius 2 is 2.36 bits per heavy atom. The van der Waals surface area contributed by atoms with E-state index in [1.165, 1.54) is 11.3 Å². The van der Waals surface area contributed by atoms with Gasteiger partial charge < -0.3 is 4.98 Å². The number of aldehydes is 1. The second-order valence-corrected chi connectivity index (χ2v) is 3.72. The lowest BCUT2D eigenvalue weighted by molar-refractivity contribution is 0.104. The number of aromatic amines is 1. The molecule has 0 amide bonds. The van der Waals surface area contributed by atoms with Crippen molar-refractivity contribution >= 4 is 23.4 Å². The minimum atomic E-state index is -0.0515. The molecule has 0 saturated heterocycles. The van der Waals surface area contributed by atoms with Gasteiger partial charge in [0.2, 0.25) is 5.78 Å². The van der Waals surface area contributed by atoms with Crippen LogP contribution in [0, 0.1) is 0 Å². The molecule has 0 aliphatic heterocycles. The van der Waals surface area contributed by atoms with E-state index >= 15 is 0 Å². The molecule has 0 fully saturated rings. The maximum absolute atomic E-state index is 11.7. The zero-order chi connectivity index (χ0) is 9.97. The van der Waals surface area contributed by atoms with Crippen molar-refractivity contribution in [1.82, 2.24) is 4.98 Å². The van der Waals surface area contributed by atoms with Gasteiger partial charge >= 0.3 is 0 Å². The molecule has 0 saturated carbocycles. The number of nitrogens with one attached hydrogen (secondary N) is 1. The van der Waals surface area contributed by atoms with E-state index in [-0.39, 0.29) is 5.78 Å². The summed E-state index contributed by atoms with van der Waals surface area (Å²) in [6.07, 6.45) is 2.23. The minimum absolute atomic E-state index is 0.0515. The van der Waals surface area contributed by atoms with E-state index in [2.05, 4.69) is 4.98 Å². The number of carbonyl (C=O) groups excluding carboxylic acids is 2. The average molecular weight is 205 g/mol. The fourth-order valence-corrected chi connectivity index (χ4v) is 1.85. The van der Waals surface area contributed by atoms with Crippen molar-refractivity contribution in [3.05, 3.63) is 45.9 Å². The number of thiophene rings is 1. The first-order valence-electron chi connectivity index (χ1n) is 4.03. The summed E-state index contributed by atoms with van der Waals surface area (Å²) in [6, 6.07) is 5.14. The SMILES string of the molecule is O=Cc1cc(C(=O)c2cccs2)c[nH]1. The van der Waals surface area contributed by atoms with Gasteiger partial charge in [-0.1, -0.05) is 6.07 Å². The van der Waals surface area contributed by atoms with Crippen LogP contribution >= 0.6 is 11.3 Å². The lowest BCUT2D eigenvalue weighted by Crippen LogP contribution is -1.95. The molecular formula is C10H7NO2S. The fourth-order valence-electron chi connectivity index (χ4n) is 1.16. The third kappa shape index (κ3) is 1.52. The van der Waals surface area contributed by atoms with Crippen LogP contribution in [0.4, 0.5) is 0 Å². The predicted molar refractivity (Wildman–Crippen MR) is 53.9 cm³/mol. The lowest BCUT2D eigenvalue weighted by Gasteiger charge is -1.90. The quantitative estimate of drug-likeness (QED) is 0.616. The van der Waals surface area contributed by atoms with Crippen molar-refractivity contribution in [2.75, 3.05) is 0 Å². The molecule has 2 aromatic heterocycles. The number of carbonyl (C=O) groups is 2. The molecule has 4 heteroatoms. The molecule has 0 aliphatic carbocycles. The van der Waals surface area contributed by atoms with Gasteiger partial charge in [-0.25, -0.2) is 0 Å². The normalized spacial score (nSPS) is 10.0. The molecule has 1 N–H and O–H groups in total. The number of hydrogen-bond acceptors (Lipinski definition) is 3. The van der Waals surface area contributed by atoms with Crippen molar-refractivity contribution < 1.29 is 9.59 Å². The molecular weight excluding hydrogens is 198 g/mol. The molecule has 0 atom stereocenters. The summed E-state index contributed by atoms with van der Waals surface area (Å²) >= 11 is 1.39. The Hall–Kier alpha value is -1.68. The topological polar surface area (TPSA) is 49.9 Å². The van der Waals surface area contributed by atoms with Gasteiger partial charge in [-0.05, 0) is 17.5 Å². The standard InChI is InChI=1S/C10H7NO2S/c12-6-8-4-7(5-11-8)10(13)9-2-1-3-14-9/h1-6,11H. The van der Waals surface area contributed by atoms with Crippen LogP contribution in [0.15, 0.2) is 29.8 Å². The number of H-pyrrole nitrogens is 1. The molecule has 2 heterocycles. The van der Waals surface area contributed by atoms with Gasteiger partial charge in [0, 0.05) is 11.8 Å². The molecule has 3 nitrogen and oxygen atoms in total. The number of aromatic nitrogens is 1. The van der Waals surface area contributed by atoms with Gasteiger partial charge in [-0.2, -0.15) is 0 Å². The van der Waals surface area contributed by atoms with Crippen LogP contribution in [0.5, 0.6) is 0 Å². The Bertz CT molecular complexity index is 456. The smallest absolute Gasteiger partial charge is 0.204 e. The highest BCUT2D eigenvalue weighted by atomic mass is 32.1. The van der Waals surface area contributed by atoms with Crippen molar-refractivity contribution in [1.29, 1.82) is 0 Å². The Morgan fingerprint density at radius 3 is 2.93 bits per heavy atom. The largest absolute Gasteiger partial charge is 0.358 e. The lowest BCUT2D eigenvalue weighted by atomic mass is 10.2. The molecule has 0 spiro atoms. The molecule has 0 aliphatic rings. The maximum Gasteiger partial charge on any atom is 0.204 e. The van der Waals surface area contributed by atoms with Crippen LogP contribution < -0.4 is 0 Å². The highest BCUT2D eigenvalue weighted by Crippen LogP contribution is 2.15. The molecule has 0 bridgehead atoms. The summed E-state index contributed by atoms with van der Waals surface area (Å²) in [5.74, 6) is -0.0515. The van der Waals surface area contributed by atoms with Crippen molar-refractivity contribution in [3.8, 4) is 0 Å². The van der Waals surface area contributed by atoms with Gasteiger partial charge in [0.15, 0.2) is 6.29 Å². The Kier molecular flexibility index (Phi) is 2.28. The molecule has 2 rings (SSSR count). The van der Waals surface area contributed by atoms with E-state index in [0.29, 0.717) is 22.4 Å². The summed E-state index contributed by atoms with van der Waals surface area (Å²) < 4.78 is 0. The summed E-state index contributed by atoms with van der Waals surface area (Å²) in [7, 11) is 0. The van der Waals surface area contributed by atoms with Crippen LogP contribution in [0.1, 0.15) is 25.7 Å². The zero-order valence-electron chi connectivity index (χ0n) is 7.19. The van der Waals surface area contributed by atoms with E-state index in [0.717, 1.165) is 0 Å². The van der Waals surface area contributed by atoms with E-state index in [1.54, 1.807) is 18.3 Å². The van der Waals surface area contributed by atoms with Gasteiger partial charge in [-0.3, -0.25) is 9.59 Å². The first-order chi connectivity index (χ1) is 6.81. The number of hydrogen-bond donors (Lipinski definition) is 1. The average Bonchev–Trinajstić information content (AvgIpc) is 2.88. The van der Waals surface area contributed by atoms with Gasteiger partial charge in [0.1, 0.15) is 0 Å². The molecule has 0 radical (unpaired) electrons. The van der Waals surface area contributed by atoms with E-state index in [9.17, 15) is 9.59 Å². The highest BCUT2D eigenvalue weighted by molar-refractivity contribution is 7.12. The van der Waals surface area contributed by atoms with E-state index < -0.39 is 0 Å². The summed E-state index contributed by atoms with van der Waals surface area (Å²) in [5, 5.41) is 1.85. The molecule has 0 unspecified atom stereocenters. The highest BCUT2D eigenvalue weighted by Gasteiger charge is 2.11. The van der Waals surface area contributed by atoms with Crippen LogP contribution in [0.3, 0.4) is 0 Å². The Balaban J connectivity index is 2.32. The van der Waals surface area contributed by atoms with Crippen molar-refractivity contribution in [2.24, 2.45) is 0 Å². The van der Waals surface area contributed by atoms with E-state index in [1.807, 2.05) is 11.4 Å². The van der Waals surface area contributed by atoms with Gasteiger partial charge in [0.25, 0.3) is 0 Å². The summed E-state index contributed by atoms with van der Waals surface area (Å²) in [4.78, 5) is 25.5. The maximum atomic E-state index is 11.7. The summed E-state index contributed by atoms with van der Waals surface area (Å²) in [5.41, 5.74) is 0.944. The second-order valence-electron chi connectivity index (χ2n) is 2.77. The van der Waals surface area contributed by atoms with Gasteiger partial charge in [-0.15, -0.1) is 11.3 Å². The van der Waals surface area contributed by atoms with Crippen LogP contribution in [0.2, 0.25) is 0 Å².